The fraction of sp³-hybridized carbons (Fsp3) is 1.00. The maximum absolute atomic E-state index is 10.7. The molecule has 0 atom stereocenters. The summed E-state index contributed by atoms with van der Waals surface area (Å²) in [6, 6.07) is 0. The van der Waals surface area contributed by atoms with Crippen LogP contribution in [0.15, 0.2) is 0 Å². The van der Waals surface area contributed by atoms with Gasteiger partial charge in [0.2, 0.25) is 0 Å². The van der Waals surface area contributed by atoms with E-state index < -0.39 is 35.4 Å². The van der Waals surface area contributed by atoms with Crippen molar-refractivity contribution < 1.29 is 26.1 Å². The molecule has 0 radical (unpaired) electrons. The summed E-state index contributed by atoms with van der Waals surface area (Å²) in [7, 11) is -5.84. The molecule has 1 N–H and O–H groups in total. The summed E-state index contributed by atoms with van der Waals surface area (Å²) in [4.78, 5) is 0. The molecule has 0 saturated carbocycles. The molecule has 0 aromatic carbocycles. The van der Waals surface area contributed by atoms with Gasteiger partial charge in [0.05, 0.1) is 0 Å². The Kier molecular flexibility index (Phi) is 14.7. The Labute approximate surface area is 134 Å². The molecule has 21 heavy (non-hydrogen) atoms. The number of hydrogen-bond acceptors (Lipinski definition) is 2. The van der Waals surface area contributed by atoms with Gasteiger partial charge < -0.3 is 0 Å². The van der Waals surface area contributed by atoms with Crippen molar-refractivity contribution in [2.45, 2.75) is 78.1 Å². The minimum atomic E-state index is -5.84. The molecule has 0 bridgehead atoms. The molecule has 0 amide bonds. The first-order valence-corrected chi connectivity index (χ1v) is 16.1. The number of hydrogen-bond donors (Lipinski definition) is 1. The fourth-order valence-electron chi connectivity index (χ4n) is 1.91. The van der Waals surface area contributed by atoms with Crippen LogP contribution in [-0.4, -0.2) is 38.2 Å². The van der Waals surface area contributed by atoms with Gasteiger partial charge >= 0.3 is 108 Å². The molecule has 8 heteroatoms. The largest absolute Gasteiger partial charge is 0.522 e. The molecular formula is C13H29F3O3SSn. The summed E-state index contributed by atoms with van der Waals surface area (Å²) in [6.07, 6.45) is 8.87. The molecule has 0 aliphatic rings. The Balaban J connectivity index is 0. The van der Waals surface area contributed by atoms with Crippen LogP contribution in [0.1, 0.15) is 59.3 Å². The van der Waals surface area contributed by atoms with Crippen LogP contribution < -0.4 is 0 Å². The van der Waals surface area contributed by atoms with Crippen molar-refractivity contribution in [2.24, 2.45) is 0 Å². The molecule has 0 aliphatic heterocycles. The topological polar surface area (TPSA) is 54.4 Å². The fourth-order valence-corrected chi connectivity index (χ4v) is 12.8. The molecule has 0 fully saturated rings. The average molecular weight is 441 g/mol. The molecule has 3 nitrogen and oxygen atoms in total. The Morgan fingerprint density at radius 3 is 1.24 bits per heavy atom. The predicted molar refractivity (Wildman–Crippen MR) is 83.9 cm³/mol. The quantitative estimate of drug-likeness (QED) is 0.311. The Morgan fingerprint density at radius 2 is 1.10 bits per heavy atom. The molecule has 130 valence electrons. The molecule has 0 unspecified atom stereocenters. The second-order valence-electron chi connectivity index (χ2n) is 5.21. The molecule has 0 rings (SSSR count). The van der Waals surface area contributed by atoms with Crippen LogP contribution in [0.25, 0.3) is 0 Å². The standard InChI is InChI=1S/3C4H9.CHF3O3S.Sn.H/c3*1-3-4-2;2-1(3,4)8(5,6)7;;/h3*1,3-4H2,2H3;(H,5,6,7);;. The van der Waals surface area contributed by atoms with Crippen LogP contribution in [0.3, 0.4) is 0 Å². The maximum Gasteiger partial charge on any atom is 0.522 e. The van der Waals surface area contributed by atoms with Crippen molar-refractivity contribution in [3.8, 4) is 0 Å². The van der Waals surface area contributed by atoms with Gasteiger partial charge in [0.1, 0.15) is 0 Å². The molecular weight excluding hydrogens is 412 g/mol. The Hall–Kier alpha value is 0.499. The first-order valence-electron chi connectivity index (χ1n) is 7.63. The van der Waals surface area contributed by atoms with Crippen LogP contribution in [0, 0.1) is 0 Å². The van der Waals surface area contributed by atoms with E-state index in [-0.39, 0.29) is 0 Å². The molecule has 0 aromatic heterocycles. The van der Waals surface area contributed by atoms with Gasteiger partial charge in [0, 0.05) is 0 Å². The zero-order valence-electron chi connectivity index (χ0n) is 13.2. The maximum atomic E-state index is 10.7. The van der Waals surface area contributed by atoms with E-state index in [1.54, 1.807) is 13.3 Å². The second kappa shape index (κ2) is 13.0. The minimum Gasteiger partial charge on any atom is -0.279 e. The predicted octanol–water partition coefficient (Wildman–Crippen LogP) is 5.01. The van der Waals surface area contributed by atoms with E-state index in [4.69, 9.17) is 13.0 Å². The van der Waals surface area contributed by atoms with E-state index in [9.17, 15) is 13.2 Å². The van der Waals surface area contributed by atoms with E-state index in [0.29, 0.717) is 0 Å². The van der Waals surface area contributed by atoms with Crippen molar-refractivity contribution in [2.75, 3.05) is 0 Å². The Morgan fingerprint density at radius 1 is 0.857 bits per heavy atom. The summed E-state index contributed by atoms with van der Waals surface area (Å²) in [6.45, 7) is 7.01. The third kappa shape index (κ3) is 15.2. The first-order chi connectivity index (χ1) is 9.60. The molecule has 0 aliphatic carbocycles. The molecule has 0 aromatic rings. The van der Waals surface area contributed by atoms with Crippen molar-refractivity contribution in [3.05, 3.63) is 0 Å². The second-order valence-corrected chi connectivity index (χ2v) is 16.5. The average Bonchev–Trinajstić information content (AvgIpc) is 2.36. The SMILES string of the molecule is CCC[CH2][SnH]([CH2]CCC)[CH2]CCC.O=S(=O)(O)C(F)(F)F. The number of unbranched alkanes of at least 4 members (excludes halogenated alkanes) is 3. The van der Waals surface area contributed by atoms with Crippen molar-refractivity contribution in [1.82, 2.24) is 0 Å². The van der Waals surface area contributed by atoms with Gasteiger partial charge in [-0.05, 0) is 0 Å². The summed E-state index contributed by atoms with van der Waals surface area (Å²) in [5.41, 5.74) is -5.53. The monoisotopic (exact) mass is 442 g/mol. The number of rotatable bonds is 9. The summed E-state index contributed by atoms with van der Waals surface area (Å²) >= 11 is -0.967. The van der Waals surface area contributed by atoms with Crippen LogP contribution in [0.4, 0.5) is 13.2 Å². The normalized spacial score (nSPS) is 12.2. The van der Waals surface area contributed by atoms with E-state index in [1.807, 2.05) is 0 Å². The van der Waals surface area contributed by atoms with Crippen molar-refractivity contribution in [1.29, 1.82) is 0 Å². The van der Waals surface area contributed by atoms with E-state index in [0.717, 1.165) is 0 Å². The minimum absolute atomic E-state index is 0.967. The summed E-state index contributed by atoms with van der Waals surface area (Å²) in [5.74, 6) is 0. The van der Waals surface area contributed by atoms with Crippen molar-refractivity contribution in [3.63, 3.8) is 0 Å². The van der Waals surface area contributed by atoms with Crippen LogP contribution in [-0.2, 0) is 10.1 Å². The van der Waals surface area contributed by atoms with Crippen LogP contribution in [0.2, 0.25) is 13.3 Å². The third-order valence-electron chi connectivity index (χ3n) is 3.19. The Bertz CT molecular complexity index is 313. The number of halogens is 3. The smallest absolute Gasteiger partial charge is 0.279 e. The molecule has 0 heterocycles. The van der Waals surface area contributed by atoms with Gasteiger partial charge in [0.25, 0.3) is 0 Å². The molecule has 0 spiro atoms. The zero-order chi connectivity index (χ0) is 16.9. The van der Waals surface area contributed by atoms with Gasteiger partial charge in [0.15, 0.2) is 0 Å². The zero-order valence-corrected chi connectivity index (χ0v) is 17.4. The van der Waals surface area contributed by atoms with Gasteiger partial charge in [-0.15, -0.1) is 0 Å². The van der Waals surface area contributed by atoms with E-state index in [1.165, 1.54) is 38.5 Å². The van der Waals surface area contributed by atoms with Gasteiger partial charge in [-0.25, -0.2) is 0 Å². The number of alkyl halides is 3. The van der Waals surface area contributed by atoms with E-state index >= 15 is 0 Å². The molecule has 0 saturated heterocycles. The first kappa shape index (κ1) is 23.8. The van der Waals surface area contributed by atoms with Crippen LogP contribution in [0.5, 0.6) is 0 Å². The van der Waals surface area contributed by atoms with Crippen LogP contribution >= 0.6 is 0 Å². The third-order valence-corrected chi connectivity index (χ3v) is 14.3. The van der Waals surface area contributed by atoms with Gasteiger partial charge in [-0.2, -0.15) is 21.6 Å². The van der Waals surface area contributed by atoms with Crippen molar-refractivity contribution >= 4 is 29.9 Å². The van der Waals surface area contributed by atoms with Gasteiger partial charge in [-0.1, -0.05) is 0 Å². The summed E-state index contributed by atoms with van der Waals surface area (Å²) in [5, 5.41) is 0. The van der Waals surface area contributed by atoms with E-state index in [2.05, 4.69) is 20.8 Å². The van der Waals surface area contributed by atoms with Gasteiger partial charge in [-0.3, -0.25) is 4.55 Å². The summed E-state index contributed by atoms with van der Waals surface area (Å²) < 4.78 is 62.6.